The number of thiophene rings is 1. The van der Waals surface area contributed by atoms with Crippen molar-refractivity contribution in [2.24, 2.45) is 0 Å². The number of nitrogens with two attached hydrogens (primary N) is 1. The van der Waals surface area contributed by atoms with Crippen molar-refractivity contribution >= 4 is 34.8 Å². The molecule has 3 N–H and O–H groups in total. The number of carboxylic acids is 1. The van der Waals surface area contributed by atoms with Crippen molar-refractivity contribution in [2.75, 3.05) is 5.73 Å². The summed E-state index contributed by atoms with van der Waals surface area (Å²) in [6.07, 6.45) is 0. The van der Waals surface area contributed by atoms with Crippen LogP contribution >= 0.6 is 11.3 Å². The number of hydrogen-bond donors (Lipinski definition) is 2. The standard InChI is InChI=1S/C14H10N2O4S/c15-10-3-1-2-9-11(10)13(18)16(12(9)17)5-8-4-7(6-21-8)14(19)20/h1-4,6H,5,15H2,(H,19,20). The van der Waals surface area contributed by atoms with E-state index in [1.807, 2.05) is 0 Å². The molecule has 1 aliphatic heterocycles. The highest BCUT2D eigenvalue weighted by molar-refractivity contribution is 7.10. The Hall–Kier alpha value is -2.67. The molecule has 0 unspecified atom stereocenters. The highest BCUT2D eigenvalue weighted by atomic mass is 32.1. The Morgan fingerprint density at radius 1 is 1.29 bits per heavy atom. The molecule has 7 heteroatoms. The summed E-state index contributed by atoms with van der Waals surface area (Å²) in [6.45, 7) is 0.0454. The summed E-state index contributed by atoms with van der Waals surface area (Å²) in [7, 11) is 0. The van der Waals surface area contributed by atoms with Crippen LogP contribution in [-0.2, 0) is 6.54 Å². The first kappa shape index (κ1) is 13.3. The quantitative estimate of drug-likeness (QED) is 0.665. The van der Waals surface area contributed by atoms with Gasteiger partial charge in [-0.05, 0) is 18.2 Å². The van der Waals surface area contributed by atoms with E-state index in [1.54, 1.807) is 18.2 Å². The smallest absolute Gasteiger partial charge is 0.336 e. The average Bonchev–Trinajstić information content (AvgIpc) is 3.00. The molecule has 106 valence electrons. The van der Waals surface area contributed by atoms with E-state index in [0.717, 1.165) is 4.90 Å². The van der Waals surface area contributed by atoms with Gasteiger partial charge in [0, 0.05) is 15.9 Å². The van der Waals surface area contributed by atoms with Gasteiger partial charge in [0.2, 0.25) is 0 Å². The molecule has 1 aromatic carbocycles. The lowest BCUT2D eigenvalue weighted by atomic mass is 10.1. The van der Waals surface area contributed by atoms with E-state index in [0.29, 0.717) is 4.88 Å². The molecular weight excluding hydrogens is 292 g/mol. The van der Waals surface area contributed by atoms with E-state index in [9.17, 15) is 14.4 Å². The lowest BCUT2D eigenvalue weighted by Crippen LogP contribution is -2.28. The number of amides is 2. The molecule has 0 bridgehead atoms. The summed E-state index contributed by atoms with van der Waals surface area (Å²) in [6, 6.07) is 6.21. The lowest BCUT2D eigenvalue weighted by molar-refractivity contribution is 0.0643. The van der Waals surface area contributed by atoms with Crippen molar-refractivity contribution < 1.29 is 19.5 Å². The molecule has 21 heavy (non-hydrogen) atoms. The number of carboxylic acid groups (broad SMARTS) is 1. The molecule has 3 rings (SSSR count). The number of carbonyl (C=O) groups excluding carboxylic acids is 2. The monoisotopic (exact) mass is 302 g/mol. The molecule has 0 saturated carbocycles. The van der Waals surface area contributed by atoms with Crippen molar-refractivity contribution in [3.63, 3.8) is 0 Å². The molecule has 0 saturated heterocycles. The molecule has 2 heterocycles. The van der Waals surface area contributed by atoms with Crippen LogP contribution in [0.1, 0.15) is 36.0 Å². The fourth-order valence-electron chi connectivity index (χ4n) is 2.23. The van der Waals surface area contributed by atoms with Crippen molar-refractivity contribution in [1.29, 1.82) is 0 Å². The van der Waals surface area contributed by atoms with Crippen molar-refractivity contribution in [3.05, 3.63) is 51.2 Å². The highest BCUT2D eigenvalue weighted by Crippen LogP contribution is 2.29. The van der Waals surface area contributed by atoms with Gasteiger partial charge in [0.1, 0.15) is 0 Å². The third-order valence-electron chi connectivity index (χ3n) is 3.25. The summed E-state index contributed by atoms with van der Waals surface area (Å²) in [4.78, 5) is 37.1. The molecule has 1 aromatic heterocycles. The third-order valence-corrected chi connectivity index (χ3v) is 4.17. The Bertz CT molecular complexity index is 781. The van der Waals surface area contributed by atoms with Gasteiger partial charge in [-0.1, -0.05) is 6.07 Å². The first-order valence-corrected chi connectivity index (χ1v) is 6.92. The number of nitrogen functional groups attached to an aromatic ring is 1. The largest absolute Gasteiger partial charge is 0.478 e. The molecule has 2 aromatic rings. The SMILES string of the molecule is Nc1cccc2c1C(=O)N(Cc1cc(C(=O)O)cs1)C2=O. The minimum absolute atomic E-state index is 0.0454. The summed E-state index contributed by atoms with van der Waals surface area (Å²) in [5.41, 5.74) is 6.67. The van der Waals surface area contributed by atoms with E-state index in [-0.39, 0.29) is 28.9 Å². The van der Waals surface area contributed by atoms with Crippen LogP contribution in [0.2, 0.25) is 0 Å². The zero-order valence-corrected chi connectivity index (χ0v) is 11.5. The van der Waals surface area contributed by atoms with E-state index in [4.69, 9.17) is 10.8 Å². The summed E-state index contributed by atoms with van der Waals surface area (Å²) >= 11 is 1.19. The first-order valence-electron chi connectivity index (χ1n) is 6.04. The van der Waals surface area contributed by atoms with Crippen LogP contribution in [0.25, 0.3) is 0 Å². The van der Waals surface area contributed by atoms with Gasteiger partial charge < -0.3 is 10.8 Å². The number of aromatic carboxylic acids is 1. The molecule has 6 nitrogen and oxygen atoms in total. The molecule has 2 amide bonds. The maximum absolute atomic E-state index is 12.3. The topological polar surface area (TPSA) is 101 Å². The van der Waals surface area contributed by atoms with Crippen LogP contribution in [0, 0.1) is 0 Å². The molecule has 0 atom stereocenters. The van der Waals surface area contributed by atoms with Crippen LogP contribution in [0.5, 0.6) is 0 Å². The van der Waals surface area contributed by atoms with Gasteiger partial charge in [0.25, 0.3) is 11.8 Å². The number of nitrogens with zero attached hydrogens (tertiary/aromatic N) is 1. The normalized spacial score (nSPS) is 13.6. The maximum Gasteiger partial charge on any atom is 0.336 e. The summed E-state index contributed by atoms with van der Waals surface area (Å²) < 4.78 is 0. The predicted molar refractivity (Wildman–Crippen MR) is 76.3 cm³/mol. The van der Waals surface area contributed by atoms with Gasteiger partial charge in [-0.2, -0.15) is 0 Å². The molecule has 0 fully saturated rings. The van der Waals surface area contributed by atoms with Crippen LogP contribution in [0.15, 0.2) is 29.6 Å². The zero-order valence-electron chi connectivity index (χ0n) is 10.7. The number of anilines is 1. The summed E-state index contributed by atoms with van der Waals surface area (Å²) in [5, 5.41) is 10.4. The molecular formula is C14H10N2O4S. The van der Waals surface area contributed by atoms with Crippen LogP contribution in [-0.4, -0.2) is 27.8 Å². The van der Waals surface area contributed by atoms with Gasteiger partial charge in [-0.25, -0.2) is 4.79 Å². The van der Waals surface area contributed by atoms with E-state index < -0.39 is 17.8 Å². The lowest BCUT2D eigenvalue weighted by Gasteiger charge is -2.12. The first-order chi connectivity index (χ1) is 9.99. The second kappa shape index (κ2) is 4.71. The van der Waals surface area contributed by atoms with Gasteiger partial charge in [-0.15, -0.1) is 11.3 Å². The average molecular weight is 302 g/mol. The maximum atomic E-state index is 12.3. The third kappa shape index (κ3) is 2.07. The molecule has 0 aliphatic carbocycles. The van der Waals surface area contributed by atoms with Crippen molar-refractivity contribution in [1.82, 2.24) is 4.90 Å². The second-order valence-corrected chi connectivity index (χ2v) is 5.57. The number of fused-ring (bicyclic) bond motifs is 1. The number of carbonyl (C=O) groups is 3. The Kier molecular flexibility index (Phi) is 2.99. The number of hydrogen-bond acceptors (Lipinski definition) is 5. The minimum atomic E-state index is -1.04. The predicted octanol–water partition coefficient (Wildman–Crippen LogP) is 1.82. The number of rotatable bonds is 3. The molecule has 0 spiro atoms. The Labute approximate surface area is 123 Å². The van der Waals surface area contributed by atoms with Gasteiger partial charge in [0.05, 0.1) is 23.2 Å². The molecule has 1 aliphatic rings. The van der Waals surface area contributed by atoms with Gasteiger partial charge in [0.15, 0.2) is 0 Å². The fourth-order valence-corrected chi connectivity index (χ4v) is 3.08. The van der Waals surface area contributed by atoms with Crippen LogP contribution in [0.3, 0.4) is 0 Å². The second-order valence-electron chi connectivity index (χ2n) is 4.57. The van der Waals surface area contributed by atoms with Crippen LogP contribution in [0.4, 0.5) is 5.69 Å². The van der Waals surface area contributed by atoms with E-state index in [1.165, 1.54) is 22.8 Å². The van der Waals surface area contributed by atoms with E-state index in [2.05, 4.69) is 0 Å². The van der Waals surface area contributed by atoms with Crippen molar-refractivity contribution in [3.8, 4) is 0 Å². The number of imide groups is 1. The Balaban J connectivity index is 1.91. The van der Waals surface area contributed by atoms with E-state index >= 15 is 0 Å². The van der Waals surface area contributed by atoms with Crippen LogP contribution < -0.4 is 5.73 Å². The minimum Gasteiger partial charge on any atom is -0.478 e. The van der Waals surface area contributed by atoms with Gasteiger partial charge >= 0.3 is 5.97 Å². The zero-order chi connectivity index (χ0) is 15.1. The number of benzene rings is 1. The Morgan fingerprint density at radius 3 is 2.67 bits per heavy atom. The Morgan fingerprint density at radius 2 is 2.05 bits per heavy atom. The van der Waals surface area contributed by atoms with Gasteiger partial charge in [-0.3, -0.25) is 14.5 Å². The van der Waals surface area contributed by atoms with Crippen molar-refractivity contribution in [2.45, 2.75) is 6.54 Å². The molecule has 0 radical (unpaired) electrons. The summed E-state index contributed by atoms with van der Waals surface area (Å²) in [5.74, 6) is -1.89. The highest BCUT2D eigenvalue weighted by Gasteiger charge is 2.37. The fraction of sp³-hybridized carbons (Fsp3) is 0.0714.